The van der Waals surface area contributed by atoms with Gasteiger partial charge >= 0.3 is 5.97 Å². The Morgan fingerprint density at radius 2 is 1.62 bits per heavy atom. The minimum Gasteiger partial charge on any atom is -0.463 e. The predicted octanol–water partition coefficient (Wildman–Crippen LogP) is 5.10. The zero-order valence-electron chi connectivity index (χ0n) is 19.1. The second-order valence-electron chi connectivity index (χ2n) is 11.4. The van der Waals surface area contributed by atoms with E-state index in [2.05, 4.69) is 26.1 Å². The van der Waals surface area contributed by atoms with Gasteiger partial charge in [-0.05, 0) is 105 Å². The van der Waals surface area contributed by atoms with E-state index in [9.17, 15) is 9.59 Å². The summed E-state index contributed by atoms with van der Waals surface area (Å²) in [6.45, 7) is 10.5. The van der Waals surface area contributed by atoms with Crippen LogP contribution in [0, 0.1) is 40.4 Å². The maximum absolute atomic E-state index is 11.7. The number of ether oxygens (including phenoxy) is 1. The van der Waals surface area contributed by atoms with E-state index >= 15 is 0 Å². The highest BCUT2D eigenvalue weighted by atomic mass is 16.5. The first kappa shape index (κ1) is 21.2. The molecule has 4 rings (SSSR count). The summed E-state index contributed by atoms with van der Waals surface area (Å²) in [5, 5.41) is 3.21. The van der Waals surface area contributed by atoms with Crippen molar-refractivity contribution in [2.24, 2.45) is 40.4 Å². The molecule has 1 N–H and O–H groups in total. The Labute approximate surface area is 176 Å². The lowest BCUT2D eigenvalue weighted by Crippen LogP contribution is -2.55. The third kappa shape index (κ3) is 3.53. The fourth-order valence-electron chi connectivity index (χ4n) is 8.84. The second-order valence-corrected chi connectivity index (χ2v) is 11.4. The molecular formula is C25H41NO3. The summed E-state index contributed by atoms with van der Waals surface area (Å²) in [6, 6.07) is 0.283. The van der Waals surface area contributed by atoms with Crippen LogP contribution in [0.4, 0.5) is 0 Å². The SMILES string of the molecule is CC(=O)N[C@@H](C)[C@@H]1CC[C@H]2[C@@H]3CC[C@H]4C[C@@H](OC(C)=O)CC[C@]4(C)[C@H]3CC[C@@]21C. The van der Waals surface area contributed by atoms with Crippen LogP contribution in [0.2, 0.25) is 0 Å². The Morgan fingerprint density at radius 3 is 2.31 bits per heavy atom. The maximum Gasteiger partial charge on any atom is 0.302 e. The average Bonchev–Trinajstić information content (AvgIpc) is 2.98. The van der Waals surface area contributed by atoms with Gasteiger partial charge in [0.1, 0.15) is 6.10 Å². The van der Waals surface area contributed by atoms with E-state index in [1.165, 1.54) is 44.9 Å². The summed E-state index contributed by atoms with van der Waals surface area (Å²) in [5.41, 5.74) is 0.795. The first-order valence-corrected chi connectivity index (χ1v) is 12.1. The summed E-state index contributed by atoms with van der Waals surface area (Å²) in [4.78, 5) is 23.1. The first-order valence-electron chi connectivity index (χ1n) is 12.1. The summed E-state index contributed by atoms with van der Waals surface area (Å²) in [7, 11) is 0. The number of hydrogen-bond acceptors (Lipinski definition) is 3. The number of rotatable bonds is 3. The molecule has 4 aliphatic carbocycles. The molecule has 4 saturated carbocycles. The van der Waals surface area contributed by atoms with Crippen LogP contribution in [0.1, 0.15) is 92.4 Å². The normalized spacial score (nSPS) is 47.3. The number of amides is 1. The first-order chi connectivity index (χ1) is 13.6. The van der Waals surface area contributed by atoms with E-state index in [0.717, 1.165) is 30.6 Å². The van der Waals surface area contributed by atoms with Crippen molar-refractivity contribution >= 4 is 11.9 Å². The molecule has 1 amide bonds. The molecular weight excluding hydrogens is 362 g/mol. The van der Waals surface area contributed by atoms with Gasteiger partial charge in [0.15, 0.2) is 0 Å². The van der Waals surface area contributed by atoms with Crippen LogP contribution >= 0.6 is 0 Å². The van der Waals surface area contributed by atoms with Crippen molar-refractivity contribution in [1.82, 2.24) is 5.32 Å². The molecule has 4 aliphatic rings. The zero-order valence-corrected chi connectivity index (χ0v) is 19.1. The van der Waals surface area contributed by atoms with Crippen molar-refractivity contribution < 1.29 is 14.3 Å². The van der Waals surface area contributed by atoms with Crippen LogP contribution in [0.25, 0.3) is 0 Å². The van der Waals surface area contributed by atoms with Crippen molar-refractivity contribution in [3.8, 4) is 0 Å². The molecule has 164 valence electrons. The standard InChI is InChI=1S/C25H41NO3/c1-15(26-16(2)27)21-8-9-22-20-7-6-18-14-19(29-17(3)28)10-12-24(18,4)23(20)11-13-25(21,22)5/h15,18-23H,6-14H2,1-5H3,(H,26,27)/t15-,18-,19-,20-,21-,22-,23-,24-,25+/m0/s1. The lowest BCUT2D eigenvalue weighted by molar-refractivity contribution is -0.160. The molecule has 0 saturated heterocycles. The van der Waals surface area contributed by atoms with Gasteiger partial charge in [-0.3, -0.25) is 9.59 Å². The molecule has 0 radical (unpaired) electrons. The summed E-state index contributed by atoms with van der Waals surface area (Å²) in [6.07, 6.45) is 11.4. The molecule has 0 aromatic carbocycles. The fourth-order valence-corrected chi connectivity index (χ4v) is 8.84. The minimum absolute atomic E-state index is 0.107. The van der Waals surface area contributed by atoms with Gasteiger partial charge in [-0.1, -0.05) is 13.8 Å². The number of nitrogens with one attached hydrogen (secondary N) is 1. The molecule has 4 fully saturated rings. The van der Waals surface area contributed by atoms with Gasteiger partial charge in [0.05, 0.1) is 0 Å². The fraction of sp³-hybridized carbons (Fsp3) is 0.920. The lowest BCUT2D eigenvalue weighted by atomic mass is 9.44. The summed E-state index contributed by atoms with van der Waals surface area (Å²) in [5.74, 6) is 3.79. The predicted molar refractivity (Wildman–Crippen MR) is 114 cm³/mol. The molecule has 9 atom stereocenters. The van der Waals surface area contributed by atoms with Gasteiger partial charge in [-0.25, -0.2) is 0 Å². The maximum atomic E-state index is 11.7. The highest BCUT2D eigenvalue weighted by Crippen LogP contribution is 2.67. The molecule has 0 heterocycles. The van der Waals surface area contributed by atoms with Gasteiger partial charge in [-0.2, -0.15) is 0 Å². The number of esters is 1. The Kier molecular flexibility index (Phi) is 5.53. The van der Waals surface area contributed by atoms with Crippen LogP contribution in [0.5, 0.6) is 0 Å². The van der Waals surface area contributed by atoms with Gasteiger partial charge in [0.25, 0.3) is 0 Å². The van der Waals surface area contributed by atoms with Crippen LogP contribution in [-0.4, -0.2) is 24.0 Å². The van der Waals surface area contributed by atoms with E-state index in [4.69, 9.17) is 4.74 Å². The zero-order chi connectivity index (χ0) is 21.0. The highest BCUT2D eigenvalue weighted by Gasteiger charge is 2.60. The minimum atomic E-state index is -0.119. The van der Waals surface area contributed by atoms with Gasteiger partial charge in [0.2, 0.25) is 5.91 Å². The molecule has 0 aromatic rings. The molecule has 0 unspecified atom stereocenters. The quantitative estimate of drug-likeness (QED) is 0.667. The van der Waals surface area contributed by atoms with Crippen molar-refractivity contribution in [3.05, 3.63) is 0 Å². The number of fused-ring (bicyclic) bond motifs is 5. The summed E-state index contributed by atoms with van der Waals surface area (Å²) < 4.78 is 5.61. The Bertz CT molecular complexity index is 662. The van der Waals surface area contributed by atoms with Gasteiger partial charge in [0, 0.05) is 19.9 Å². The molecule has 4 nitrogen and oxygen atoms in total. The Morgan fingerprint density at radius 1 is 0.931 bits per heavy atom. The summed E-state index contributed by atoms with van der Waals surface area (Å²) >= 11 is 0. The van der Waals surface area contributed by atoms with Crippen molar-refractivity contribution in [1.29, 1.82) is 0 Å². The average molecular weight is 404 g/mol. The topological polar surface area (TPSA) is 55.4 Å². The van der Waals surface area contributed by atoms with Crippen molar-refractivity contribution in [2.45, 2.75) is 105 Å². The van der Waals surface area contributed by atoms with E-state index in [0.29, 0.717) is 22.7 Å². The molecule has 0 bridgehead atoms. The number of carbonyl (C=O) groups is 2. The molecule has 29 heavy (non-hydrogen) atoms. The van der Waals surface area contributed by atoms with E-state index in [1.54, 1.807) is 13.8 Å². The molecule has 0 spiro atoms. The van der Waals surface area contributed by atoms with E-state index in [-0.39, 0.29) is 24.0 Å². The van der Waals surface area contributed by atoms with Crippen LogP contribution < -0.4 is 5.32 Å². The monoisotopic (exact) mass is 403 g/mol. The van der Waals surface area contributed by atoms with Gasteiger partial charge in [-0.15, -0.1) is 0 Å². The molecule has 0 aliphatic heterocycles. The Hall–Kier alpha value is -1.06. The van der Waals surface area contributed by atoms with Crippen LogP contribution in [0.3, 0.4) is 0 Å². The second kappa shape index (κ2) is 7.57. The van der Waals surface area contributed by atoms with Crippen molar-refractivity contribution in [2.75, 3.05) is 0 Å². The van der Waals surface area contributed by atoms with Crippen LogP contribution in [0.15, 0.2) is 0 Å². The van der Waals surface area contributed by atoms with E-state index < -0.39 is 0 Å². The smallest absolute Gasteiger partial charge is 0.302 e. The largest absolute Gasteiger partial charge is 0.463 e. The van der Waals surface area contributed by atoms with Crippen molar-refractivity contribution in [3.63, 3.8) is 0 Å². The van der Waals surface area contributed by atoms with Gasteiger partial charge < -0.3 is 10.1 Å². The lowest BCUT2D eigenvalue weighted by Gasteiger charge is -2.61. The number of carbonyl (C=O) groups excluding carboxylic acids is 2. The highest BCUT2D eigenvalue weighted by molar-refractivity contribution is 5.73. The van der Waals surface area contributed by atoms with Crippen LogP contribution in [-0.2, 0) is 14.3 Å². The Balaban J connectivity index is 1.50. The molecule has 0 aromatic heterocycles. The third-order valence-corrected chi connectivity index (χ3v) is 10.1. The third-order valence-electron chi connectivity index (χ3n) is 10.1. The molecule has 4 heteroatoms. The number of hydrogen-bond donors (Lipinski definition) is 1. The van der Waals surface area contributed by atoms with E-state index in [1.807, 2.05) is 0 Å².